The summed E-state index contributed by atoms with van der Waals surface area (Å²) in [6.07, 6.45) is 3.77. The molecule has 1 aliphatic carbocycles. The maximum Gasteiger partial charge on any atom is 0.246 e. The third kappa shape index (κ3) is 4.76. The summed E-state index contributed by atoms with van der Waals surface area (Å²) in [6, 6.07) is 0.164. The molecule has 6 nitrogen and oxygen atoms in total. The summed E-state index contributed by atoms with van der Waals surface area (Å²) in [7, 11) is 1.60. The van der Waals surface area contributed by atoms with Gasteiger partial charge in [-0.25, -0.2) is 0 Å². The number of ether oxygens (including phenoxy) is 2. The quantitative estimate of drug-likeness (QED) is 0.677. The van der Waals surface area contributed by atoms with E-state index in [1.807, 2.05) is 4.90 Å². The predicted octanol–water partition coefficient (Wildman–Crippen LogP) is 0.167. The first-order valence-corrected chi connectivity index (χ1v) is 7.35. The second-order valence-corrected chi connectivity index (χ2v) is 5.49. The fourth-order valence-corrected chi connectivity index (χ4v) is 2.41. The molecule has 0 atom stereocenters. The van der Waals surface area contributed by atoms with Crippen LogP contribution < -0.4 is 5.32 Å². The predicted molar refractivity (Wildman–Crippen MR) is 73.2 cm³/mol. The highest BCUT2D eigenvalue weighted by Gasteiger charge is 2.34. The van der Waals surface area contributed by atoms with Crippen molar-refractivity contribution in [3.63, 3.8) is 0 Å². The normalized spacial score (nSPS) is 19.9. The van der Waals surface area contributed by atoms with Crippen molar-refractivity contribution in [3.05, 3.63) is 0 Å². The minimum absolute atomic E-state index is 0.0740. The van der Waals surface area contributed by atoms with Gasteiger partial charge in [0.2, 0.25) is 11.8 Å². The van der Waals surface area contributed by atoms with Gasteiger partial charge in [-0.05, 0) is 25.7 Å². The van der Waals surface area contributed by atoms with Crippen LogP contribution in [0.2, 0.25) is 0 Å². The molecule has 1 heterocycles. The van der Waals surface area contributed by atoms with Gasteiger partial charge in [0.05, 0.1) is 13.2 Å². The van der Waals surface area contributed by atoms with E-state index in [4.69, 9.17) is 9.47 Å². The highest BCUT2D eigenvalue weighted by molar-refractivity contribution is 5.81. The van der Waals surface area contributed by atoms with Crippen LogP contribution in [0.4, 0.5) is 0 Å². The highest BCUT2D eigenvalue weighted by atomic mass is 16.5. The number of likely N-dealkylation sites (tertiary alicyclic amines) is 1. The standard InChI is InChI=1S/C14H24N2O4/c1-19-8-9-20-10-13(17)15-12-4-6-16(7-5-12)14(18)11-2-3-11/h11-12H,2-10H2,1H3,(H,15,17). The number of piperidine rings is 1. The number of rotatable bonds is 7. The Hall–Kier alpha value is -1.14. The van der Waals surface area contributed by atoms with E-state index in [1.165, 1.54) is 0 Å². The third-order valence-electron chi connectivity index (χ3n) is 3.76. The monoisotopic (exact) mass is 284 g/mol. The first-order valence-electron chi connectivity index (χ1n) is 7.35. The molecule has 0 aromatic heterocycles. The van der Waals surface area contributed by atoms with Gasteiger partial charge in [0, 0.05) is 32.2 Å². The van der Waals surface area contributed by atoms with E-state index >= 15 is 0 Å². The lowest BCUT2D eigenvalue weighted by Crippen LogP contribution is -2.47. The molecule has 114 valence electrons. The molecule has 2 rings (SSSR count). The largest absolute Gasteiger partial charge is 0.382 e. The second-order valence-electron chi connectivity index (χ2n) is 5.49. The molecule has 0 spiro atoms. The minimum Gasteiger partial charge on any atom is -0.382 e. The Morgan fingerprint density at radius 2 is 1.85 bits per heavy atom. The summed E-state index contributed by atoms with van der Waals surface area (Å²) in [6.45, 7) is 2.51. The van der Waals surface area contributed by atoms with Crippen LogP contribution in [0.3, 0.4) is 0 Å². The van der Waals surface area contributed by atoms with Crippen molar-refractivity contribution in [1.29, 1.82) is 0 Å². The van der Waals surface area contributed by atoms with E-state index in [9.17, 15) is 9.59 Å². The number of nitrogens with one attached hydrogen (secondary N) is 1. The fraction of sp³-hybridized carbons (Fsp3) is 0.857. The van der Waals surface area contributed by atoms with Crippen molar-refractivity contribution < 1.29 is 19.1 Å². The Morgan fingerprint density at radius 1 is 1.15 bits per heavy atom. The lowest BCUT2D eigenvalue weighted by Gasteiger charge is -2.32. The zero-order valence-corrected chi connectivity index (χ0v) is 12.1. The van der Waals surface area contributed by atoms with Gasteiger partial charge in [-0.2, -0.15) is 0 Å². The van der Waals surface area contributed by atoms with E-state index in [0.717, 1.165) is 38.8 Å². The first-order chi connectivity index (χ1) is 9.70. The molecular formula is C14H24N2O4. The van der Waals surface area contributed by atoms with Crippen LogP contribution in [-0.2, 0) is 19.1 Å². The molecule has 6 heteroatoms. The average molecular weight is 284 g/mol. The number of carbonyl (C=O) groups excluding carboxylic acids is 2. The molecular weight excluding hydrogens is 260 g/mol. The van der Waals surface area contributed by atoms with E-state index in [2.05, 4.69) is 5.32 Å². The first kappa shape index (κ1) is 15.3. The summed E-state index contributed by atoms with van der Waals surface area (Å²) in [5.74, 6) is 0.501. The van der Waals surface area contributed by atoms with Crippen LogP contribution in [0, 0.1) is 5.92 Å². The summed E-state index contributed by atoms with van der Waals surface area (Å²) in [5.41, 5.74) is 0. The summed E-state index contributed by atoms with van der Waals surface area (Å²) in [4.78, 5) is 25.5. The van der Waals surface area contributed by atoms with Crippen LogP contribution in [0.5, 0.6) is 0 Å². The smallest absolute Gasteiger partial charge is 0.246 e. The fourth-order valence-electron chi connectivity index (χ4n) is 2.41. The number of nitrogens with zero attached hydrogens (tertiary/aromatic N) is 1. The van der Waals surface area contributed by atoms with E-state index in [0.29, 0.717) is 19.1 Å². The maximum atomic E-state index is 11.9. The second kappa shape index (κ2) is 7.59. The molecule has 2 aliphatic rings. The zero-order valence-electron chi connectivity index (χ0n) is 12.1. The van der Waals surface area contributed by atoms with Gasteiger partial charge in [-0.15, -0.1) is 0 Å². The molecule has 0 bridgehead atoms. The topological polar surface area (TPSA) is 67.9 Å². The summed E-state index contributed by atoms with van der Waals surface area (Å²) >= 11 is 0. The van der Waals surface area contributed by atoms with E-state index < -0.39 is 0 Å². The highest BCUT2D eigenvalue weighted by Crippen LogP contribution is 2.31. The van der Waals surface area contributed by atoms with Gasteiger partial charge in [-0.3, -0.25) is 9.59 Å². The Balaban J connectivity index is 1.58. The van der Waals surface area contributed by atoms with Gasteiger partial charge in [-0.1, -0.05) is 0 Å². The summed E-state index contributed by atoms with van der Waals surface area (Å²) < 4.78 is 10.0. The molecule has 2 amide bonds. The van der Waals surface area contributed by atoms with Crippen LogP contribution in [-0.4, -0.2) is 62.8 Å². The molecule has 1 N–H and O–H groups in total. The van der Waals surface area contributed by atoms with Crippen molar-refractivity contribution in [2.75, 3.05) is 40.0 Å². The van der Waals surface area contributed by atoms with Crippen molar-refractivity contribution in [2.24, 2.45) is 5.92 Å². The Morgan fingerprint density at radius 3 is 2.45 bits per heavy atom. The SMILES string of the molecule is COCCOCC(=O)NC1CCN(C(=O)C2CC2)CC1. The number of hydrogen-bond acceptors (Lipinski definition) is 4. The van der Waals surface area contributed by atoms with Crippen LogP contribution in [0.1, 0.15) is 25.7 Å². The van der Waals surface area contributed by atoms with Gasteiger partial charge < -0.3 is 19.7 Å². The molecule has 0 radical (unpaired) electrons. The zero-order chi connectivity index (χ0) is 14.4. The lowest BCUT2D eigenvalue weighted by atomic mass is 10.0. The van der Waals surface area contributed by atoms with Crippen LogP contribution >= 0.6 is 0 Å². The Kier molecular flexibility index (Phi) is 5.79. The summed E-state index contributed by atoms with van der Waals surface area (Å²) in [5, 5.41) is 2.96. The number of carbonyl (C=O) groups is 2. The molecule has 0 aromatic rings. The Bertz CT molecular complexity index is 336. The number of methoxy groups -OCH3 is 1. The van der Waals surface area contributed by atoms with Crippen LogP contribution in [0.25, 0.3) is 0 Å². The Labute approximate surface area is 119 Å². The molecule has 20 heavy (non-hydrogen) atoms. The maximum absolute atomic E-state index is 11.9. The van der Waals surface area contributed by atoms with Gasteiger partial charge in [0.25, 0.3) is 0 Å². The van der Waals surface area contributed by atoms with Crippen molar-refractivity contribution in [2.45, 2.75) is 31.7 Å². The number of amides is 2. The molecule has 1 aliphatic heterocycles. The van der Waals surface area contributed by atoms with Crippen molar-refractivity contribution in [3.8, 4) is 0 Å². The molecule has 2 fully saturated rings. The minimum atomic E-state index is -0.0897. The van der Waals surface area contributed by atoms with Crippen LogP contribution in [0.15, 0.2) is 0 Å². The van der Waals surface area contributed by atoms with Gasteiger partial charge >= 0.3 is 0 Å². The average Bonchev–Trinajstić information content (AvgIpc) is 3.28. The molecule has 0 unspecified atom stereocenters. The van der Waals surface area contributed by atoms with Crippen molar-refractivity contribution >= 4 is 11.8 Å². The number of hydrogen-bond donors (Lipinski definition) is 1. The molecule has 1 saturated heterocycles. The molecule has 0 aromatic carbocycles. The van der Waals surface area contributed by atoms with Gasteiger partial charge in [0.1, 0.15) is 6.61 Å². The lowest BCUT2D eigenvalue weighted by molar-refractivity contribution is -0.133. The van der Waals surface area contributed by atoms with Crippen molar-refractivity contribution in [1.82, 2.24) is 10.2 Å². The third-order valence-corrected chi connectivity index (χ3v) is 3.76. The van der Waals surface area contributed by atoms with E-state index in [-0.39, 0.29) is 24.5 Å². The molecule has 1 saturated carbocycles. The van der Waals surface area contributed by atoms with Gasteiger partial charge in [0.15, 0.2) is 0 Å². The van der Waals surface area contributed by atoms with E-state index in [1.54, 1.807) is 7.11 Å².